The molecule has 4 nitrogen and oxygen atoms in total. The summed E-state index contributed by atoms with van der Waals surface area (Å²) in [6.45, 7) is 4.48. The third-order valence-corrected chi connectivity index (χ3v) is 3.34. The maximum absolute atomic E-state index is 11.9. The highest BCUT2D eigenvalue weighted by Gasteiger charge is 2.16. The molecule has 0 bridgehead atoms. The molecule has 0 saturated carbocycles. The first-order valence-electron chi connectivity index (χ1n) is 7.09. The first-order chi connectivity index (χ1) is 9.86. The lowest BCUT2D eigenvalue weighted by Crippen LogP contribution is -2.32. The second kappa shape index (κ2) is 8.67. The van der Waals surface area contributed by atoms with Crippen LogP contribution in [0.5, 0.6) is 0 Å². The van der Waals surface area contributed by atoms with E-state index in [-0.39, 0.29) is 24.7 Å². The molecule has 2 N–H and O–H groups in total. The number of hydrogen-bond donors (Lipinski definition) is 2. The third kappa shape index (κ3) is 7.71. The Morgan fingerprint density at radius 2 is 2.05 bits per heavy atom. The molecule has 0 heterocycles. The highest BCUT2D eigenvalue weighted by atomic mass is 35.5. The zero-order valence-corrected chi connectivity index (χ0v) is 13.2. The number of aliphatic carboxylic acids is 1. The predicted molar refractivity (Wildman–Crippen MR) is 83.4 cm³/mol. The Kier molecular flexibility index (Phi) is 7.23. The standard InChI is InChI=1S/C16H22ClNO3/c1-11(2)6-13(9-16(20)21)10-18-15(19)8-12-4-3-5-14(17)7-12/h3-5,7,11,13H,6,8-10H2,1-2H3,(H,18,19)(H,20,21)/t13-/m0/s1. The Balaban J connectivity index is 2.47. The molecule has 0 aliphatic heterocycles. The van der Waals surface area contributed by atoms with Crippen LogP contribution in [0.4, 0.5) is 0 Å². The number of carbonyl (C=O) groups is 2. The van der Waals surface area contributed by atoms with E-state index in [9.17, 15) is 9.59 Å². The van der Waals surface area contributed by atoms with Gasteiger partial charge in [0.1, 0.15) is 0 Å². The van der Waals surface area contributed by atoms with Gasteiger partial charge in [-0.15, -0.1) is 0 Å². The largest absolute Gasteiger partial charge is 0.481 e. The van der Waals surface area contributed by atoms with Crippen molar-refractivity contribution >= 4 is 23.5 Å². The minimum absolute atomic E-state index is 0.0363. The van der Waals surface area contributed by atoms with Crippen molar-refractivity contribution in [1.29, 1.82) is 0 Å². The Morgan fingerprint density at radius 1 is 1.33 bits per heavy atom. The van der Waals surface area contributed by atoms with Gasteiger partial charge in [-0.1, -0.05) is 37.6 Å². The van der Waals surface area contributed by atoms with E-state index in [1.807, 2.05) is 19.9 Å². The van der Waals surface area contributed by atoms with Crippen molar-refractivity contribution in [2.24, 2.45) is 11.8 Å². The first kappa shape index (κ1) is 17.5. The van der Waals surface area contributed by atoms with Crippen LogP contribution in [0, 0.1) is 11.8 Å². The molecule has 21 heavy (non-hydrogen) atoms. The average Bonchev–Trinajstić information content (AvgIpc) is 2.34. The second-order valence-electron chi connectivity index (χ2n) is 5.70. The lowest BCUT2D eigenvalue weighted by atomic mass is 9.94. The highest BCUT2D eigenvalue weighted by molar-refractivity contribution is 6.30. The van der Waals surface area contributed by atoms with Gasteiger partial charge in [-0.2, -0.15) is 0 Å². The van der Waals surface area contributed by atoms with Gasteiger partial charge in [-0.25, -0.2) is 0 Å². The fraction of sp³-hybridized carbons (Fsp3) is 0.500. The summed E-state index contributed by atoms with van der Waals surface area (Å²) in [5.41, 5.74) is 0.846. The molecule has 5 heteroatoms. The highest BCUT2D eigenvalue weighted by Crippen LogP contribution is 2.15. The smallest absolute Gasteiger partial charge is 0.303 e. The van der Waals surface area contributed by atoms with Gasteiger partial charge in [0.15, 0.2) is 0 Å². The lowest BCUT2D eigenvalue weighted by Gasteiger charge is -2.17. The third-order valence-electron chi connectivity index (χ3n) is 3.11. The van der Waals surface area contributed by atoms with Crippen LogP contribution in [0.15, 0.2) is 24.3 Å². The van der Waals surface area contributed by atoms with Crippen LogP contribution < -0.4 is 5.32 Å². The fourth-order valence-electron chi connectivity index (χ4n) is 2.31. The molecule has 0 aliphatic carbocycles. The Hall–Kier alpha value is -1.55. The van der Waals surface area contributed by atoms with E-state index in [1.165, 1.54) is 0 Å². The minimum Gasteiger partial charge on any atom is -0.481 e. The molecule has 1 atom stereocenters. The molecule has 0 spiro atoms. The summed E-state index contributed by atoms with van der Waals surface area (Å²) in [7, 11) is 0. The molecule has 0 unspecified atom stereocenters. The zero-order valence-electron chi connectivity index (χ0n) is 12.4. The van der Waals surface area contributed by atoms with Gasteiger partial charge in [0.25, 0.3) is 0 Å². The Labute approximate surface area is 130 Å². The summed E-state index contributed by atoms with van der Waals surface area (Å²) in [4.78, 5) is 22.7. The van der Waals surface area contributed by atoms with Crippen molar-refractivity contribution in [3.8, 4) is 0 Å². The summed E-state index contributed by atoms with van der Waals surface area (Å²) in [5.74, 6) is -0.578. The maximum Gasteiger partial charge on any atom is 0.303 e. The molecule has 0 fully saturated rings. The predicted octanol–water partition coefficient (Wildman–Crippen LogP) is 3.14. The van der Waals surface area contributed by atoms with Gasteiger partial charge in [0.2, 0.25) is 5.91 Å². The van der Waals surface area contributed by atoms with Crippen molar-refractivity contribution in [2.45, 2.75) is 33.1 Å². The number of nitrogens with one attached hydrogen (secondary N) is 1. The van der Waals surface area contributed by atoms with E-state index in [1.54, 1.807) is 18.2 Å². The van der Waals surface area contributed by atoms with Crippen LogP contribution in [-0.4, -0.2) is 23.5 Å². The number of hydrogen-bond acceptors (Lipinski definition) is 2. The molecule has 0 radical (unpaired) electrons. The zero-order chi connectivity index (χ0) is 15.8. The van der Waals surface area contributed by atoms with E-state index in [2.05, 4.69) is 5.32 Å². The Bertz CT molecular complexity index is 488. The molecular weight excluding hydrogens is 290 g/mol. The van der Waals surface area contributed by atoms with Crippen molar-refractivity contribution in [1.82, 2.24) is 5.32 Å². The van der Waals surface area contributed by atoms with E-state index in [0.29, 0.717) is 17.5 Å². The number of rotatable bonds is 8. The van der Waals surface area contributed by atoms with Gasteiger partial charge in [-0.3, -0.25) is 9.59 Å². The number of carboxylic acid groups (broad SMARTS) is 1. The molecule has 1 rings (SSSR count). The topological polar surface area (TPSA) is 66.4 Å². The summed E-state index contributed by atoms with van der Waals surface area (Å²) >= 11 is 5.87. The van der Waals surface area contributed by atoms with Gasteiger partial charge in [0.05, 0.1) is 6.42 Å². The van der Waals surface area contributed by atoms with Crippen molar-refractivity contribution in [3.63, 3.8) is 0 Å². The van der Waals surface area contributed by atoms with E-state index in [0.717, 1.165) is 12.0 Å². The number of carbonyl (C=O) groups excluding carboxylic acids is 1. The van der Waals surface area contributed by atoms with Gasteiger partial charge >= 0.3 is 5.97 Å². The van der Waals surface area contributed by atoms with Crippen LogP contribution >= 0.6 is 11.6 Å². The normalized spacial score (nSPS) is 12.2. The molecule has 0 aliphatic rings. The van der Waals surface area contributed by atoms with Crippen LogP contribution in [0.3, 0.4) is 0 Å². The summed E-state index contributed by atoms with van der Waals surface area (Å²) in [5, 5.41) is 12.3. The molecule has 1 aromatic carbocycles. The molecular formula is C16H22ClNO3. The minimum atomic E-state index is -0.829. The number of amides is 1. The summed E-state index contributed by atoms with van der Waals surface area (Å²) < 4.78 is 0. The summed E-state index contributed by atoms with van der Waals surface area (Å²) in [6.07, 6.45) is 1.11. The van der Waals surface area contributed by atoms with Gasteiger partial charge in [-0.05, 0) is 36.0 Å². The summed E-state index contributed by atoms with van der Waals surface area (Å²) in [6, 6.07) is 7.16. The number of halogens is 1. The van der Waals surface area contributed by atoms with Gasteiger partial charge in [0, 0.05) is 18.0 Å². The van der Waals surface area contributed by atoms with Crippen LogP contribution in [-0.2, 0) is 16.0 Å². The van der Waals surface area contributed by atoms with Crippen molar-refractivity contribution in [3.05, 3.63) is 34.9 Å². The number of benzene rings is 1. The quantitative estimate of drug-likeness (QED) is 0.775. The number of carboxylic acids is 1. The van der Waals surface area contributed by atoms with Gasteiger partial charge < -0.3 is 10.4 Å². The molecule has 116 valence electrons. The lowest BCUT2D eigenvalue weighted by molar-refractivity contribution is -0.138. The van der Waals surface area contributed by atoms with Crippen LogP contribution in [0.25, 0.3) is 0 Å². The fourth-order valence-corrected chi connectivity index (χ4v) is 2.52. The molecule has 1 amide bonds. The molecule has 0 saturated heterocycles. The van der Waals surface area contributed by atoms with E-state index >= 15 is 0 Å². The first-order valence-corrected chi connectivity index (χ1v) is 7.47. The SMILES string of the molecule is CC(C)C[C@H](CNC(=O)Cc1cccc(Cl)c1)CC(=O)O. The average molecular weight is 312 g/mol. The maximum atomic E-state index is 11.9. The van der Waals surface area contributed by atoms with Crippen LogP contribution in [0.2, 0.25) is 5.02 Å². The Morgan fingerprint density at radius 3 is 2.62 bits per heavy atom. The molecule has 0 aromatic heterocycles. The monoisotopic (exact) mass is 311 g/mol. The van der Waals surface area contributed by atoms with Crippen molar-refractivity contribution in [2.75, 3.05) is 6.54 Å². The van der Waals surface area contributed by atoms with Crippen molar-refractivity contribution < 1.29 is 14.7 Å². The molecule has 1 aromatic rings. The van der Waals surface area contributed by atoms with E-state index < -0.39 is 5.97 Å². The van der Waals surface area contributed by atoms with Crippen LogP contribution in [0.1, 0.15) is 32.3 Å². The second-order valence-corrected chi connectivity index (χ2v) is 6.14. The van der Waals surface area contributed by atoms with E-state index in [4.69, 9.17) is 16.7 Å².